The van der Waals surface area contributed by atoms with Crippen molar-refractivity contribution in [3.8, 4) is 0 Å². The maximum absolute atomic E-state index is 11.9. The van der Waals surface area contributed by atoms with Crippen molar-refractivity contribution in [1.29, 1.82) is 0 Å². The molecule has 1 heterocycles. The summed E-state index contributed by atoms with van der Waals surface area (Å²) < 4.78 is 28.5. The van der Waals surface area contributed by atoms with Gasteiger partial charge in [0.05, 0.1) is 18.8 Å². The zero-order valence-electron chi connectivity index (χ0n) is 18.8. The van der Waals surface area contributed by atoms with Crippen LogP contribution in [-0.4, -0.2) is 83.7 Å². The van der Waals surface area contributed by atoms with Crippen molar-refractivity contribution < 1.29 is 38.5 Å². The topological polar surface area (TPSA) is 203 Å². The van der Waals surface area contributed by atoms with Gasteiger partial charge in [0.1, 0.15) is 6.10 Å². The molecule has 2 fully saturated rings. The van der Waals surface area contributed by atoms with Gasteiger partial charge in [-0.2, -0.15) is 0 Å². The lowest BCUT2D eigenvalue weighted by Gasteiger charge is -2.24. The third-order valence-corrected chi connectivity index (χ3v) is 9.70. The molecule has 0 radical (unpaired) electrons. The Morgan fingerprint density at radius 1 is 1.15 bits per heavy atom. The van der Waals surface area contributed by atoms with Crippen LogP contribution in [0.1, 0.15) is 33.2 Å². The first-order chi connectivity index (χ1) is 15.2. The van der Waals surface area contributed by atoms with E-state index < -0.39 is 68.5 Å². The molecule has 2 saturated carbocycles. The molecule has 0 saturated heterocycles. The van der Waals surface area contributed by atoms with Crippen LogP contribution >= 0.6 is 15.2 Å². The minimum atomic E-state index is -4.78. The summed E-state index contributed by atoms with van der Waals surface area (Å²) in [6.45, 7) is 9.61. The van der Waals surface area contributed by atoms with E-state index in [9.17, 15) is 33.8 Å². The van der Waals surface area contributed by atoms with Gasteiger partial charge >= 0.3 is 20.9 Å². The molecule has 0 aromatic carbocycles. The zero-order valence-corrected chi connectivity index (χ0v) is 20.6. The lowest BCUT2D eigenvalue weighted by atomic mass is 10.0. The highest BCUT2D eigenvalue weighted by Crippen LogP contribution is 2.69. The van der Waals surface area contributed by atoms with E-state index in [1.807, 2.05) is 4.98 Å². The predicted molar refractivity (Wildman–Crippen MR) is 119 cm³/mol. The first-order valence-electron chi connectivity index (χ1n) is 10.6. The van der Waals surface area contributed by atoms with Crippen molar-refractivity contribution in [3.05, 3.63) is 33.1 Å². The molecule has 33 heavy (non-hydrogen) atoms. The molecule has 1 aromatic heterocycles. The summed E-state index contributed by atoms with van der Waals surface area (Å²) in [5, 5.41) is 20.6. The number of nitrogens with one attached hydrogen (secondary N) is 1. The van der Waals surface area contributed by atoms with Gasteiger partial charge in [-0.05, 0) is 32.0 Å². The highest BCUT2D eigenvalue weighted by molar-refractivity contribution is 7.70. The molecule has 0 aliphatic heterocycles. The Balaban J connectivity index is 0.000000479. The first-order valence-corrected chi connectivity index (χ1v) is 14.2. The number of hydrogen-bond donors (Lipinski definition) is 6. The zero-order chi connectivity index (χ0) is 25.2. The van der Waals surface area contributed by atoms with Gasteiger partial charge in [-0.1, -0.05) is 20.8 Å². The molecule has 190 valence electrons. The number of H-pyrrole nitrogens is 1. The van der Waals surface area contributed by atoms with Crippen molar-refractivity contribution in [2.75, 3.05) is 32.1 Å². The number of nitrogens with zero attached hydrogens (tertiary/aromatic N) is 2. The van der Waals surface area contributed by atoms with Gasteiger partial charge in [-0.25, -0.2) is 4.79 Å². The third-order valence-electron chi connectivity index (χ3n) is 6.26. The average molecular weight is 513 g/mol. The monoisotopic (exact) mass is 513 g/mol. The van der Waals surface area contributed by atoms with Crippen LogP contribution in [0.4, 0.5) is 0 Å². The normalized spacial score (nSPS) is 30.3. The van der Waals surface area contributed by atoms with Crippen LogP contribution in [0.2, 0.25) is 0 Å². The Hall–Kier alpha value is -1.14. The number of rotatable bonds is 9. The molecule has 0 spiro atoms. The molecular formula is C18H33N3O10P2. The Bertz CT molecular complexity index is 1010. The molecule has 2 unspecified atom stereocenters. The lowest BCUT2D eigenvalue weighted by molar-refractivity contribution is -0.0290. The molecule has 1 aromatic rings. The molecule has 0 bridgehead atoms. The lowest BCUT2D eigenvalue weighted by Crippen LogP contribution is -2.40. The summed E-state index contributed by atoms with van der Waals surface area (Å²) in [6, 6.07) is 0.208. The Morgan fingerprint density at radius 3 is 2.18 bits per heavy atom. The van der Waals surface area contributed by atoms with Gasteiger partial charge in [0.15, 0.2) is 5.90 Å². The van der Waals surface area contributed by atoms with E-state index in [2.05, 4.69) is 25.7 Å². The Kier molecular flexibility index (Phi) is 9.06. The van der Waals surface area contributed by atoms with Gasteiger partial charge in [0.2, 0.25) is 0 Å². The average Bonchev–Trinajstić information content (AvgIpc) is 3.38. The number of aliphatic hydroxyl groups excluding tert-OH is 2. The summed E-state index contributed by atoms with van der Waals surface area (Å²) in [6.07, 6.45) is -1.33. The minimum absolute atomic E-state index is 0.261. The maximum Gasteiger partial charge on any atom is 0.340 e. The quantitative estimate of drug-likeness (QED) is 0.232. The number of aromatic amines is 1. The van der Waals surface area contributed by atoms with Crippen LogP contribution in [0.25, 0.3) is 0 Å². The predicted octanol–water partition coefficient (Wildman–Crippen LogP) is -0.495. The summed E-state index contributed by atoms with van der Waals surface area (Å²) in [5.74, 6) is -1.84. The van der Waals surface area contributed by atoms with Gasteiger partial charge in [-0.3, -0.25) is 23.5 Å². The number of fused-ring (bicyclic) bond motifs is 1. The van der Waals surface area contributed by atoms with E-state index in [0.717, 1.165) is 10.6 Å². The van der Waals surface area contributed by atoms with Crippen molar-refractivity contribution >= 4 is 15.2 Å². The SMILES string of the molecule is CCN(CC)CC.O=c1ccn([C@H]2[C@H](O)[C@H](O)C3(COP(=O)(O)CP(=O)(O)O)C[C@H]23)c(=O)[nH]1. The smallest absolute Gasteiger partial charge is 0.340 e. The van der Waals surface area contributed by atoms with Crippen LogP contribution in [-0.2, 0) is 13.7 Å². The van der Waals surface area contributed by atoms with Gasteiger partial charge in [0, 0.05) is 17.7 Å². The molecule has 3 rings (SSSR count). The molecule has 13 nitrogen and oxygen atoms in total. The Labute approximate surface area is 190 Å². The first kappa shape index (κ1) is 28.1. The van der Waals surface area contributed by atoms with E-state index in [0.29, 0.717) is 0 Å². The summed E-state index contributed by atoms with van der Waals surface area (Å²) in [4.78, 5) is 54.7. The Morgan fingerprint density at radius 2 is 1.73 bits per heavy atom. The number of hydrogen-bond acceptors (Lipinski definition) is 8. The number of aliphatic hydroxyl groups is 2. The van der Waals surface area contributed by atoms with Crippen molar-refractivity contribution in [1.82, 2.24) is 14.5 Å². The van der Waals surface area contributed by atoms with Crippen molar-refractivity contribution in [2.45, 2.75) is 45.4 Å². The molecule has 2 aliphatic carbocycles. The molecule has 0 amide bonds. The largest absolute Gasteiger partial charge is 0.390 e. The van der Waals surface area contributed by atoms with Gasteiger partial charge < -0.3 is 34.3 Å². The van der Waals surface area contributed by atoms with E-state index in [4.69, 9.17) is 14.3 Å². The fourth-order valence-electron chi connectivity index (χ4n) is 4.35. The van der Waals surface area contributed by atoms with Crippen LogP contribution in [0.3, 0.4) is 0 Å². The number of aromatic nitrogens is 2. The molecule has 6 N–H and O–H groups in total. The second-order valence-corrected chi connectivity index (χ2v) is 12.3. The molecular weight excluding hydrogens is 480 g/mol. The maximum atomic E-state index is 11.9. The minimum Gasteiger partial charge on any atom is -0.390 e. The highest BCUT2D eigenvalue weighted by atomic mass is 31.2. The second kappa shape index (κ2) is 10.6. The van der Waals surface area contributed by atoms with Crippen LogP contribution in [0, 0.1) is 11.3 Å². The fourth-order valence-corrected chi connectivity index (χ4v) is 6.98. The van der Waals surface area contributed by atoms with Crippen LogP contribution < -0.4 is 11.2 Å². The third kappa shape index (κ3) is 6.72. The van der Waals surface area contributed by atoms with Gasteiger partial charge in [-0.15, -0.1) is 0 Å². The van der Waals surface area contributed by atoms with Crippen LogP contribution in [0.15, 0.2) is 21.9 Å². The van der Waals surface area contributed by atoms with E-state index in [-0.39, 0.29) is 6.42 Å². The standard InChI is InChI=1S/C12H18N2O10P2.C6H15N/c15-7-1-2-14(11(18)13-7)8-6-3-12(6,10(17)9(8)16)4-24-26(22,23)5-25(19,20)21;1-4-7(5-2)6-3/h1-2,6,8-10,16-17H,3-5H2,(H,22,23)(H,13,15,18)(H2,19,20,21);4-6H2,1-3H3/t6-,8-,9+,10+,12?;/m1./s1. The van der Waals surface area contributed by atoms with Gasteiger partial charge in [0.25, 0.3) is 5.56 Å². The highest BCUT2D eigenvalue weighted by Gasteiger charge is 2.72. The fraction of sp³-hybridized carbons (Fsp3) is 0.778. The van der Waals surface area contributed by atoms with E-state index in [1.54, 1.807) is 0 Å². The van der Waals surface area contributed by atoms with Crippen molar-refractivity contribution in [3.63, 3.8) is 0 Å². The summed E-state index contributed by atoms with van der Waals surface area (Å²) in [5.41, 5.74) is -2.51. The molecule has 15 heteroatoms. The van der Waals surface area contributed by atoms with Crippen LogP contribution in [0.5, 0.6) is 0 Å². The van der Waals surface area contributed by atoms with E-state index >= 15 is 0 Å². The van der Waals surface area contributed by atoms with E-state index in [1.165, 1.54) is 25.8 Å². The molecule has 6 atom stereocenters. The summed E-state index contributed by atoms with van der Waals surface area (Å²) >= 11 is 0. The molecule has 2 aliphatic rings. The summed E-state index contributed by atoms with van der Waals surface area (Å²) in [7, 11) is -9.39. The second-order valence-electron chi connectivity index (χ2n) is 8.32. The van der Waals surface area contributed by atoms with Crippen molar-refractivity contribution in [2.24, 2.45) is 11.3 Å².